The maximum atomic E-state index is 5.91. The first-order valence-corrected chi connectivity index (χ1v) is 8.96. The van der Waals surface area contributed by atoms with Gasteiger partial charge in [0, 0.05) is 0 Å². The van der Waals surface area contributed by atoms with E-state index in [2.05, 4.69) is 36.9 Å². The van der Waals surface area contributed by atoms with Crippen LogP contribution < -0.4 is 10.5 Å². The Balaban J connectivity index is 1.95. The number of unbranched alkanes of at least 4 members (excludes halogenated alkanes) is 1. The Labute approximate surface area is 135 Å². The summed E-state index contributed by atoms with van der Waals surface area (Å²) in [5, 5.41) is 0. The fourth-order valence-corrected chi connectivity index (χ4v) is 3.36. The molecule has 3 nitrogen and oxygen atoms in total. The molecule has 0 spiro atoms. The summed E-state index contributed by atoms with van der Waals surface area (Å²) in [4.78, 5) is 2.59. The van der Waals surface area contributed by atoms with Crippen LogP contribution in [0.4, 0.5) is 0 Å². The van der Waals surface area contributed by atoms with E-state index in [0.717, 1.165) is 31.7 Å². The number of hydrogen-bond donors (Lipinski definition) is 1. The van der Waals surface area contributed by atoms with E-state index in [1.54, 1.807) is 0 Å². The molecule has 0 atom stereocenters. The molecule has 0 unspecified atom stereocenters. The summed E-state index contributed by atoms with van der Waals surface area (Å²) in [5.41, 5.74) is 8.36. The topological polar surface area (TPSA) is 38.5 Å². The van der Waals surface area contributed by atoms with E-state index in [1.165, 1.54) is 50.0 Å². The van der Waals surface area contributed by atoms with Gasteiger partial charge in [0.25, 0.3) is 0 Å². The monoisotopic (exact) mass is 304 g/mol. The van der Waals surface area contributed by atoms with Crippen LogP contribution in [0, 0.1) is 0 Å². The Bertz CT molecular complexity index is 439. The molecule has 0 saturated carbocycles. The predicted octanol–water partition coefficient (Wildman–Crippen LogP) is 3.57. The van der Waals surface area contributed by atoms with Crippen LogP contribution in [0.1, 0.15) is 56.6 Å². The van der Waals surface area contributed by atoms with Crippen LogP contribution >= 0.6 is 0 Å². The van der Waals surface area contributed by atoms with E-state index < -0.39 is 0 Å². The SMILES string of the molecule is CCOc1cc(CC)ccc1C1CCN(CCCCN)CC1. The fourth-order valence-electron chi connectivity index (χ4n) is 3.36. The van der Waals surface area contributed by atoms with Crippen molar-refractivity contribution in [1.29, 1.82) is 0 Å². The van der Waals surface area contributed by atoms with Gasteiger partial charge < -0.3 is 15.4 Å². The molecule has 1 aromatic rings. The van der Waals surface area contributed by atoms with Gasteiger partial charge >= 0.3 is 0 Å². The van der Waals surface area contributed by atoms with Gasteiger partial charge in [-0.3, -0.25) is 0 Å². The van der Waals surface area contributed by atoms with E-state index in [1.807, 2.05) is 0 Å². The van der Waals surface area contributed by atoms with Crippen LogP contribution in [0.3, 0.4) is 0 Å². The lowest BCUT2D eigenvalue weighted by atomic mass is 9.88. The zero-order valence-electron chi connectivity index (χ0n) is 14.3. The van der Waals surface area contributed by atoms with Crippen LogP contribution in [-0.2, 0) is 6.42 Å². The van der Waals surface area contributed by atoms with E-state index >= 15 is 0 Å². The number of hydrogen-bond acceptors (Lipinski definition) is 3. The van der Waals surface area contributed by atoms with Crippen molar-refractivity contribution in [3.05, 3.63) is 29.3 Å². The zero-order valence-corrected chi connectivity index (χ0v) is 14.3. The third kappa shape index (κ3) is 4.72. The molecular weight excluding hydrogens is 272 g/mol. The lowest BCUT2D eigenvalue weighted by molar-refractivity contribution is 0.207. The molecule has 0 amide bonds. The highest BCUT2D eigenvalue weighted by molar-refractivity contribution is 5.40. The molecule has 0 aliphatic carbocycles. The summed E-state index contributed by atoms with van der Waals surface area (Å²) >= 11 is 0. The fraction of sp³-hybridized carbons (Fsp3) is 0.684. The summed E-state index contributed by atoms with van der Waals surface area (Å²) in [7, 11) is 0. The molecule has 1 heterocycles. The minimum absolute atomic E-state index is 0.651. The van der Waals surface area contributed by atoms with Crippen LogP contribution in [0.25, 0.3) is 0 Å². The van der Waals surface area contributed by atoms with Gasteiger partial charge in [-0.15, -0.1) is 0 Å². The molecule has 0 radical (unpaired) electrons. The number of likely N-dealkylation sites (tertiary alicyclic amines) is 1. The molecule has 2 rings (SSSR count). The van der Waals surface area contributed by atoms with Gasteiger partial charge in [-0.2, -0.15) is 0 Å². The molecule has 22 heavy (non-hydrogen) atoms. The van der Waals surface area contributed by atoms with E-state index in [-0.39, 0.29) is 0 Å². The van der Waals surface area contributed by atoms with Crippen molar-refractivity contribution < 1.29 is 4.74 Å². The van der Waals surface area contributed by atoms with Crippen molar-refractivity contribution in [1.82, 2.24) is 4.90 Å². The number of ether oxygens (including phenoxy) is 1. The molecule has 1 aliphatic rings. The maximum absolute atomic E-state index is 5.91. The number of piperidine rings is 1. The molecule has 1 aliphatic heterocycles. The van der Waals surface area contributed by atoms with Crippen LogP contribution in [0.5, 0.6) is 5.75 Å². The summed E-state index contributed by atoms with van der Waals surface area (Å²) in [6.45, 7) is 9.45. The highest BCUT2D eigenvalue weighted by Crippen LogP contribution is 2.35. The van der Waals surface area contributed by atoms with Gasteiger partial charge in [0.15, 0.2) is 0 Å². The zero-order chi connectivity index (χ0) is 15.8. The third-order valence-electron chi connectivity index (χ3n) is 4.74. The predicted molar refractivity (Wildman–Crippen MR) is 93.7 cm³/mol. The van der Waals surface area contributed by atoms with Crippen molar-refractivity contribution in [2.45, 2.75) is 51.9 Å². The summed E-state index contributed by atoms with van der Waals surface area (Å²) in [6, 6.07) is 6.82. The summed E-state index contributed by atoms with van der Waals surface area (Å²) in [6.07, 6.45) is 5.94. The van der Waals surface area contributed by atoms with Crippen molar-refractivity contribution >= 4 is 0 Å². The van der Waals surface area contributed by atoms with E-state index in [9.17, 15) is 0 Å². The number of aryl methyl sites for hydroxylation is 1. The summed E-state index contributed by atoms with van der Waals surface area (Å²) < 4.78 is 5.91. The second-order valence-corrected chi connectivity index (χ2v) is 6.27. The maximum Gasteiger partial charge on any atom is 0.123 e. The molecule has 0 aromatic heterocycles. The van der Waals surface area contributed by atoms with Crippen molar-refractivity contribution in [2.75, 3.05) is 32.8 Å². The van der Waals surface area contributed by atoms with Crippen LogP contribution in [0.2, 0.25) is 0 Å². The highest BCUT2D eigenvalue weighted by Gasteiger charge is 2.23. The van der Waals surface area contributed by atoms with Crippen molar-refractivity contribution in [2.24, 2.45) is 5.73 Å². The molecule has 2 N–H and O–H groups in total. The Kier molecular flexibility index (Phi) is 7.20. The Morgan fingerprint density at radius 1 is 1.18 bits per heavy atom. The number of nitrogens with zero attached hydrogens (tertiary/aromatic N) is 1. The average molecular weight is 304 g/mol. The molecular formula is C19H32N2O. The van der Waals surface area contributed by atoms with Crippen LogP contribution in [0.15, 0.2) is 18.2 Å². The molecule has 1 aromatic carbocycles. The second kappa shape index (κ2) is 9.16. The number of nitrogens with two attached hydrogens (primary N) is 1. The minimum Gasteiger partial charge on any atom is -0.494 e. The van der Waals surface area contributed by atoms with Gasteiger partial charge in [-0.05, 0) is 88.3 Å². The number of rotatable bonds is 8. The van der Waals surface area contributed by atoms with Crippen molar-refractivity contribution in [3.8, 4) is 5.75 Å². The first-order chi connectivity index (χ1) is 10.8. The number of benzene rings is 1. The molecule has 3 heteroatoms. The normalized spacial score (nSPS) is 16.9. The average Bonchev–Trinajstić information content (AvgIpc) is 2.56. The van der Waals surface area contributed by atoms with E-state index in [4.69, 9.17) is 10.5 Å². The highest BCUT2D eigenvalue weighted by atomic mass is 16.5. The van der Waals surface area contributed by atoms with E-state index in [0.29, 0.717) is 5.92 Å². The Morgan fingerprint density at radius 2 is 1.95 bits per heavy atom. The summed E-state index contributed by atoms with van der Waals surface area (Å²) in [5.74, 6) is 1.77. The van der Waals surface area contributed by atoms with Gasteiger partial charge in [-0.25, -0.2) is 0 Å². The first kappa shape index (κ1) is 17.3. The standard InChI is InChI=1S/C19H32N2O/c1-3-16-7-8-18(19(15-16)22-4-2)17-9-13-21(14-10-17)12-6-5-11-20/h7-8,15,17H,3-6,9-14,20H2,1-2H3. The minimum atomic E-state index is 0.651. The smallest absolute Gasteiger partial charge is 0.123 e. The lowest BCUT2D eigenvalue weighted by Gasteiger charge is -2.33. The Hall–Kier alpha value is -1.06. The molecule has 1 saturated heterocycles. The van der Waals surface area contributed by atoms with Gasteiger partial charge in [0.2, 0.25) is 0 Å². The second-order valence-electron chi connectivity index (χ2n) is 6.27. The largest absolute Gasteiger partial charge is 0.494 e. The van der Waals surface area contributed by atoms with Gasteiger partial charge in [0.1, 0.15) is 5.75 Å². The van der Waals surface area contributed by atoms with Gasteiger partial charge in [-0.1, -0.05) is 19.1 Å². The van der Waals surface area contributed by atoms with Crippen molar-refractivity contribution in [3.63, 3.8) is 0 Å². The molecule has 0 bridgehead atoms. The third-order valence-corrected chi connectivity index (χ3v) is 4.74. The lowest BCUT2D eigenvalue weighted by Crippen LogP contribution is -2.34. The quantitative estimate of drug-likeness (QED) is 0.746. The van der Waals surface area contributed by atoms with Crippen LogP contribution in [-0.4, -0.2) is 37.7 Å². The first-order valence-electron chi connectivity index (χ1n) is 8.96. The van der Waals surface area contributed by atoms with Gasteiger partial charge in [0.05, 0.1) is 6.61 Å². The Morgan fingerprint density at radius 3 is 2.59 bits per heavy atom. The molecule has 124 valence electrons. The molecule has 1 fully saturated rings.